The Kier molecular flexibility index (Phi) is 25.7. The molecule has 4 aromatic carbocycles. The fourth-order valence-corrected chi connectivity index (χ4v) is 10.4. The summed E-state index contributed by atoms with van der Waals surface area (Å²) in [5.41, 5.74) is 10.8. The molecule has 2 aliphatic rings. The third kappa shape index (κ3) is 21.7. The summed E-state index contributed by atoms with van der Waals surface area (Å²) in [6.45, 7) is 11.8. The number of ketones is 1. The van der Waals surface area contributed by atoms with E-state index in [1.54, 1.807) is 12.4 Å². The topological polar surface area (TPSA) is 211 Å². The summed E-state index contributed by atoms with van der Waals surface area (Å²) >= 11 is 0. The summed E-state index contributed by atoms with van der Waals surface area (Å²) in [5.74, 6) is -2.94. The monoisotopic (exact) mass is 1150 g/mol. The Morgan fingerprint density at radius 2 is 0.893 bits per heavy atom. The highest BCUT2D eigenvalue weighted by Gasteiger charge is 2.44. The predicted molar refractivity (Wildman–Crippen MR) is 327 cm³/mol. The number of aliphatic carboxylic acids is 1. The molecule has 3 N–H and O–H groups in total. The second-order valence-corrected chi connectivity index (χ2v) is 23.8. The molecule has 2 aromatic heterocycles. The average molecular weight is 1150 g/mol. The quantitative estimate of drug-likeness (QED) is 0.0478. The van der Waals surface area contributed by atoms with E-state index in [0.717, 1.165) is 70.5 Å². The second-order valence-electron chi connectivity index (χ2n) is 23.8. The number of benzene rings is 4. The molecule has 2 unspecified atom stereocenters. The number of esters is 4. The van der Waals surface area contributed by atoms with Crippen LogP contribution in [0.25, 0.3) is 22.5 Å². The molecule has 448 valence electrons. The minimum Gasteiger partial charge on any atom is -0.481 e. The molecule has 6 aromatic rings. The van der Waals surface area contributed by atoms with Crippen LogP contribution >= 0.6 is 0 Å². The third-order valence-electron chi connectivity index (χ3n) is 14.9. The first-order valence-electron chi connectivity index (χ1n) is 29.0. The molecule has 0 bridgehead atoms. The maximum Gasteiger partial charge on any atom is 0.311 e. The Morgan fingerprint density at radius 1 is 0.512 bits per heavy atom. The number of ether oxygens (including phenoxy) is 4. The van der Waals surface area contributed by atoms with E-state index in [4.69, 9.17) is 24.7 Å². The average Bonchev–Trinajstić information content (AvgIpc) is 4.38. The van der Waals surface area contributed by atoms with Crippen molar-refractivity contribution >= 4 is 35.6 Å². The van der Waals surface area contributed by atoms with Gasteiger partial charge in [-0.3, -0.25) is 38.7 Å². The van der Waals surface area contributed by atoms with Crippen LogP contribution in [0.4, 0.5) is 0 Å². The van der Waals surface area contributed by atoms with Gasteiger partial charge in [-0.15, -0.1) is 0 Å². The highest BCUT2D eigenvalue weighted by Crippen LogP contribution is 2.44. The molecule has 2 atom stereocenters. The number of hydrogen-bond acceptors (Lipinski definition) is 13. The van der Waals surface area contributed by atoms with Crippen LogP contribution in [0.3, 0.4) is 0 Å². The standard InChI is InChI=1S/C35H41NO5.C19H24N2O2.C15H18O4.CH4/c1-34(2,3)41-33(39)29(23-26-14-16-28(17-15-26)30-13-7-10-22-36-30)18-19-31(37)35(20-8-9-21-35)24-32(38)40-25-27-11-5-4-6-12-27;1-19(2,3)23-18(22)16(13-20)12-14-7-9-15(10-8-14)17-6-4-5-11-21-17;16-13(19-11-12-6-2-1-3-7-12)10-15(14(17)18)8-4-5-9-15;/h4-7,10-17,22,29H,8-9,18-21,23-25H2,1-3H3;4-11,16H,12-13,20H2,1-3H3;1-3,6-7H,4-5,8-11H2,(H,17,18);1H4. The zero-order chi connectivity index (χ0) is 59.9. The number of nitrogens with two attached hydrogens (primary N) is 1. The smallest absolute Gasteiger partial charge is 0.311 e. The number of hydrogen-bond donors (Lipinski definition) is 2. The molecule has 0 saturated heterocycles. The van der Waals surface area contributed by atoms with Gasteiger partial charge >= 0.3 is 29.8 Å². The molecule has 14 nitrogen and oxygen atoms in total. The number of nitrogens with zero attached hydrogens (tertiary/aromatic N) is 2. The highest BCUT2D eigenvalue weighted by molar-refractivity contribution is 5.90. The van der Waals surface area contributed by atoms with Gasteiger partial charge in [-0.1, -0.05) is 154 Å². The van der Waals surface area contributed by atoms with Crippen molar-refractivity contribution < 1.29 is 52.8 Å². The second kappa shape index (κ2) is 32.3. The van der Waals surface area contributed by atoms with Crippen LogP contribution in [-0.2, 0) is 73.8 Å². The number of aromatic nitrogens is 2. The molecule has 2 fully saturated rings. The zero-order valence-electron chi connectivity index (χ0n) is 49.2. The van der Waals surface area contributed by atoms with Crippen LogP contribution in [0.15, 0.2) is 158 Å². The van der Waals surface area contributed by atoms with Crippen molar-refractivity contribution in [1.29, 1.82) is 0 Å². The lowest BCUT2D eigenvalue weighted by Crippen LogP contribution is -2.34. The van der Waals surface area contributed by atoms with E-state index in [1.807, 2.05) is 187 Å². The van der Waals surface area contributed by atoms with E-state index in [9.17, 15) is 33.9 Å². The van der Waals surface area contributed by atoms with Gasteiger partial charge in [0.05, 0.1) is 41.5 Å². The molecule has 14 heteroatoms. The fourth-order valence-electron chi connectivity index (χ4n) is 10.4. The summed E-state index contributed by atoms with van der Waals surface area (Å²) in [6.07, 6.45) is 11.3. The molecule has 0 spiro atoms. The van der Waals surface area contributed by atoms with E-state index in [-0.39, 0.29) is 76.1 Å². The van der Waals surface area contributed by atoms with Gasteiger partial charge < -0.3 is 29.8 Å². The van der Waals surface area contributed by atoms with Crippen LogP contribution in [0, 0.1) is 22.7 Å². The highest BCUT2D eigenvalue weighted by atomic mass is 16.6. The van der Waals surface area contributed by atoms with Crippen LogP contribution < -0.4 is 5.73 Å². The lowest BCUT2D eigenvalue weighted by atomic mass is 9.76. The van der Waals surface area contributed by atoms with E-state index in [2.05, 4.69) is 9.97 Å². The van der Waals surface area contributed by atoms with Gasteiger partial charge in [-0.05, 0) is 133 Å². The molecule has 84 heavy (non-hydrogen) atoms. The van der Waals surface area contributed by atoms with Crippen molar-refractivity contribution in [3.05, 3.63) is 180 Å². The Balaban J connectivity index is 0.000000253. The summed E-state index contributed by atoms with van der Waals surface area (Å²) in [5, 5.41) is 9.29. The van der Waals surface area contributed by atoms with E-state index >= 15 is 0 Å². The first-order chi connectivity index (χ1) is 39.6. The van der Waals surface area contributed by atoms with Gasteiger partial charge in [0.15, 0.2) is 0 Å². The van der Waals surface area contributed by atoms with Crippen LogP contribution in [0.2, 0.25) is 0 Å². The van der Waals surface area contributed by atoms with Crippen LogP contribution in [0.1, 0.15) is 148 Å². The molecular weight excluding hydrogens is 1060 g/mol. The Labute approximate surface area is 497 Å². The van der Waals surface area contributed by atoms with Gasteiger partial charge in [0, 0.05) is 41.9 Å². The van der Waals surface area contributed by atoms with Crippen LogP contribution in [0.5, 0.6) is 0 Å². The van der Waals surface area contributed by atoms with Crippen molar-refractivity contribution in [3.63, 3.8) is 0 Å². The largest absolute Gasteiger partial charge is 0.481 e. The fraction of sp³-hybridized carbons (Fsp3) is 0.429. The first-order valence-corrected chi connectivity index (χ1v) is 29.0. The minimum atomic E-state index is -0.895. The first kappa shape index (κ1) is 67.0. The van der Waals surface area contributed by atoms with Gasteiger partial charge in [0.25, 0.3) is 0 Å². The molecule has 0 aliphatic heterocycles. The van der Waals surface area contributed by atoms with Gasteiger partial charge in [-0.2, -0.15) is 0 Å². The Morgan fingerprint density at radius 3 is 1.27 bits per heavy atom. The third-order valence-corrected chi connectivity index (χ3v) is 14.9. The van der Waals surface area contributed by atoms with E-state index < -0.39 is 39.9 Å². The van der Waals surface area contributed by atoms with Crippen LogP contribution in [-0.4, -0.2) is 68.5 Å². The van der Waals surface area contributed by atoms with Crippen molar-refractivity contribution in [2.24, 2.45) is 28.4 Å². The van der Waals surface area contributed by atoms with Crippen molar-refractivity contribution in [2.45, 2.75) is 163 Å². The number of pyridine rings is 2. The maximum absolute atomic E-state index is 13.7. The molecule has 0 radical (unpaired) electrons. The molecule has 2 aliphatic carbocycles. The van der Waals surface area contributed by atoms with Crippen molar-refractivity contribution in [3.8, 4) is 22.5 Å². The number of carboxylic acids is 1. The predicted octanol–water partition coefficient (Wildman–Crippen LogP) is 13.9. The Hall–Kier alpha value is -7.84. The van der Waals surface area contributed by atoms with Gasteiger partial charge in [0.2, 0.25) is 0 Å². The number of rotatable bonds is 22. The number of Topliss-reactive ketones (excluding diaryl/α,β-unsaturated/α-hetero) is 1. The summed E-state index contributed by atoms with van der Waals surface area (Å²) < 4.78 is 21.9. The van der Waals surface area contributed by atoms with Gasteiger partial charge in [0.1, 0.15) is 30.2 Å². The van der Waals surface area contributed by atoms with Crippen molar-refractivity contribution in [2.75, 3.05) is 6.54 Å². The molecule has 8 rings (SSSR count). The van der Waals surface area contributed by atoms with E-state index in [0.29, 0.717) is 44.9 Å². The molecular formula is C70H87N3O11. The lowest BCUT2D eigenvalue weighted by Gasteiger charge is -2.28. The Bertz CT molecular complexity index is 2980. The summed E-state index contributed by atoms with van der Waals surface area (Å²) in [6, 6.07) is 46.6. The van der Waals surface area contributed by atoms with E-state index in [1.165, 1.54) is 0 Å². The maximum atomic E-state index is 13.7. The summed E-state index contributed by atoms with van der Waals surface area (Å²) in [7, 11) is 0. The minimum absolute atomic E-state index is 0. The SMILES string of the molecule is C.CC(C)(C)OC(=O)C(CCC(=O)C1(CC(=O)OCc2ccccc2)CCCC1)Cc1ccc(-c2ccccn2)cc1.CC(C)(C)OC(=O)C(CN)Cc1ccc(-c2ccccn2)cc1.O=C(CC1(C(=O)O)CCCC1)OCc1ccccc1. The number of carboxylic acid groups (broad SMARTS) is 1. The zero-order valence-corrected chi connectivity index (χ0v) is 49.2. The molecule has 2 saturated carbocycles. The number of carbonyl (C=O) groups is 6. The van der Waals surface area contributed by atoms with Gasteiger partial charge in [-0.25, -0.2) is 0 Å². The summed E-state index contributed by atoms with van der Waals surface area (Å²) in [4.78, 5) is 83.8. The molecule has 2 heterocycles. The molecule has 0 amide bonds. The normalized spacial score (nSPS) is 14.8. The van der Waals surface area contributed by atoms with Crippen molar-refractivity contribution in [1.82, 2.24) is 9.97 Å². The lowest BCUT2D eigenvalue weighted by molar-refractivity contribution is -0.161. The number of carbonyl (C=O) groups excluding carboxylic acids is 5.